The first-order valence-corrected chi connectivity index (χ1v) is 7.00. The molecule has 0 bridgehead atoms. The molecule has 1 aliphatic rings. The van der Waals surface area contributed by atoms with Gasteiger partial charge in [0.1, 0.15) is 11.9 Å². The zero-order valence-electron chi connectivity index (χ0n) is 13.1. The van der Waals surface area contributed by atoms with Crippen molar-refractivity contribution in [3.05, 3.63) is 11.8 Å². The van der Waals surface area contributed by atoms with Crippen LogP contribution in [0.1, 0.15) is 26.5 Å². The quantitative estimate of drug-likeness (QED) is 0.883. The van der Waals surface area contributed by atoms with Crippen LogP contribution in [0.5, 0.6) is 0 Å². The van der Waals surface area contributed by atoms with Crippen molar-refractivity contribution in [3.8, 4) is 0 Å². The fourth-order valence-electron chi connectivity index (χ4n) is 2.22. The second-order valence-electron chi connectivity index (χ2n) is 6.45. The topological polar surface area (TPSA) is 68.2 Å². The highest BCUT2D eigenvalue weighted by Crippen LogP contribution is 2.21. The van der Waals surface area contributed by atoms with Gasteiger partial charge >= 0.3 is 0 Å². The molecule has 1 atom stereocenters. The molecule has 1 aliphatic heterocycles. The first-order valence-electron chi connectivity index (χ1n) is 7.00. The highest BCUT2D eigenvalue weighted by Gasteiger charge is 2.22. The van der Waals surface area contributed by atoms with Crippen molar-refractivity contribution < 1.29 is 9.53 Å². The molecule has 2 N–H and O–H groups in total. The lowest BCUT2D eigenvalue weighted by Gasteiger charge is -2.22. The van der Waals surface area contributed by atoms with Crippen LogP contribution in [0, 0.1) is 5.41 Å². The van der Waals surface area contributed by atoms with E-state index in [1.807, 2.05) is 13.1 Å². The second-order valence-corrected chi connectivity index (χ2v) is 6.45. The predicted octanol–water partition coefficient (Wildman–Crippen LogP) is 1.36. The van der Waals surface area contributed by atoms with E-state index in [0.29, 0.717) is 19.8 Å². The average molecular weight is 317 g/mol. The minimum atomic E-state index is -0.287. The van der Waals surface area contributed by atoms with Gasteiger partial charge < -0.3 is 15.4 Å². The van der Waals surface area contributed by atoms with Crippen LogP contribution in [-0.2, 0) is 23.0 Å². The molecule has 0 radical (unpaired) electrons. The number of carbonyl (C=O) groups excluding carboxylic acids is 1. The zero-order valence-corrected chi connectivity index (χ0v) is 13.9. The molecule has 0 aromatic carbocycles. The third-order valence-corrected chi connectivity index (χ3v) is 3.13. The number of anilines is 1. The standard InChI is InChI=1S/C14H24N4O2.ClH/c1-14(2,3)8-10-7-12(18(4)17-10)16-13(19)11-9-20-6-5-15-11;/h7,11,15H,5-6,8-9H2,1-4H3,(H,16,19);1H. The summed E-state index contributed by atoms with van der Waals surface area (Å²) in [6.45, 7) is 8.29. The number of aryl methyl sites for hydroxylation is 1. The molecule has 1 fully saturated rings. The number of ether oxygens (including phenoxy) is 1. The molecule has 1 aromatic rings. The molecular weight excluding hydrogens is 292 g/mol. The maximum absolute atomic E-state index is 12.1. The maximum Gasteiger partial charge on any atom is 0.245 e. The van der Waals surface area contributed by atoms with Crippen LogP contribution in [-0.4, -0.2) is 41.5 Å². The van der Waals surface area contributed by atoms with Gasteiger partial charge in [-0.3, -0.25) is 9.48 Å². The van der Waals surface area contributed by atoms with E-state index in [1.165, 1.54) is 0 Å². The molecule has 0 aliphatic carbocycles. The molecule has 21 heavy (non-hydrogen) atoms. The summed E-state index contributed by atoms with van der Waals surface area (Å²) in [5, 5.41) is 10.5. The Balaban J connectivity index is 0.00000220. The van der Waals surface area contributed by atoms with Crippen LogP contribution in [0.15, 0.2) is 6.07 Å². The summed E-state index contributed by atoms with van der Waals surface area (Å²) in [4.78, 5) is 12.1. The van der Waals surface area contributed by atoms with Gasteiger partial charge in [-0.05, 0) is 11.8 Å². The van der Waals surface area contributed by atoms with Crippen molar-refractivity contribution >= 4 is 24.1 Å². The third-order valence-electron chi connectivity index (χ3n) is 3.13. The molecule has 1 unspecified atom stereocenters. The Bertz CT molecular complexity index is 476. The van der Waals surface area contributed by atoms with Crippen molar-refractivity contribution in [2.24, 2.45) is 12.5 Å². The normalized spacial score (nSPS) is 19.0. The summed E-state index contributed by atoms with van der Waals surface area (Å²) in [6, 6.07) is 1.65. The molecule has 2 rings (SSSR count). The van der Waals surface area contributed by atoms with E-state index in [2.05, 4.69) is 36.5 Å². The van der Waals surface area contributed by atoms with Gasteiger partial charge in [0.05, 0.1) is 18.9 Å². The van der Waals surface area contributed by atoms with Crippen molar-refractivity contribution in [2.45, 2.75) is 33.2 Å². The van der Waals surface area contributed by atoms with Crippen LogP contribution >= 0.6 is 12.4 Å². The molecule has 1 amide bonds. The van der Waals surface area contributed by atoms with E-state index < -0.39 is 0 Å². The van der Waals surface area contributed by atoms with E-state index in [9.17, 15) is 4.79 Å². The summed E-state index contributed by atoms with van der Waals surface area (Å²) >= 11 is 0. The van der Waals surface area contributed by atoms with Gasteiger partial charge in [0.15, 0.2) is 0 Å². The van der Waals surface area contributed by atoms with Gasteiger partial charge in [-0.15, -0.1) is 12.4 Å². The number of carbonyl (C=O) groups is 1. The molecule has 0 saturated carbocycles. The molecule has 0 spiro atoms. The largest absolute Gasteiger partial charge is 0.378 e. The minimum Gasteiger partial charge on any atom is -0.378 e. The Kier molecular flexibility index (Phi) is 6.19. The van der Waals surface area contributed by atoms with E-state index in [1.54, 1.807) is 4.68 Å². The smallest absolute Gasteiger partial charge is 0.245 e. The number of rotatable bonds is 3. The lowest BCUT2D eigenvalue weighted by Crippen LogP contribution is -2.49. The number of hydrogen-bond acceptors (Lipinski definition) is 4. The summed E-state index contributed by atoms with van der Waals surface area (Å²) in [5.41, 5.74) is 1.16. The lowest BCUT2D eigenvalue weighted by molar-refractivity contribution is -0.120. The molecule has 120 valence electrons. The monoisotopic (exact) mass is 316 g/mol. The van der Waals surface area contributed by atoms with E-state index >= 15 is 0 Å². The van der Waals surface area contributed by atoms with Crippen LogP contribution in [0.3, 0.4) is 0 Å². The van der Waals surface area contributed by atoms with Crippen LogP contribution < -0.4 is 10.6 Å². The van der Waals surface area contributed by atoms with Gasteiger partial charge in [-0.2, -0.15) is 5.10 Å². The summed E-state index contributed by atoms with van der Waals surface area (Å²) in [5.74, 6) is 0.650. The Morgan fingerprint density at radius 3 is 2.86 bits per heavy atom. The Hall–Kier alpha value is -1.11. The molecular formula is C14H25ClN4O2. The fourth-order valence-corrected chi connectivity index (χ4v) is 2.22. The summed E-state index contributed by atoms with van der Waals surface area (Å²) < 4.78 is 7.01. The number of hydrogen-bond donors (Lipinski definition) is 2. The Morgan fingerprint density at radius 1 is 1.57 bits per heavy atom. The predicted molar refractivity (Wildman–Crippen MR) is 84.9 cm³/mol. The van der Waals surface area contributed by atoms with Gasteiger partial charge in [0.25, 0.3) is 0 Å². The summed E-state index contributed by atoms with van der Waals surface area (Å²) in [6.07, 6.45) is 0.876. The highest BCUT2D eigenvalue weighted by molar-refractivity contribution is 5.94. The Labute approximate surface area is 132 Å². The van der Waals surface area contributed by atoms with E-state index in [0.717, 1.165) is 17.9 Å². The number of halogens is 1. The van der Waals surface area contributed by atoms with Gasteiger partial charge in [-0.25, -0.2) is 0 Å². The lowest BCUT2D eigenvalue weighted by atomic mass is 9.91. The van der Waals surface area contributed by atoms with Crippen molar-refractivity contribution in [1.82, 2.24) is 15.1 Å². The van der Waals surface area contributed by atoms with Gasteiger partial charge in [0, 0.05) is 19.7 Å². The van der Waals surface area contributed by atoms with Crippen LogP contribution in [0.25, 0.3) is 0 Å². The average Bonchev–Trinajstić information content (AvgIpc) is 2.68. The SMILES string of the molecule is Cl.Cn1nc(CC(C)(C)C)cc1NC(=O)C1COCCN1. The number of nitrogens with zero attached hydrogens (tertiary/aromatic N) is 2. The number of aromatic nitrogens is 2. The molecule has 2 heterocycles. The molecule has 6 nitrogen and oxygen atoms in total. The summed E-state index contributed by atoms with van der Waals surface area (Å²) in [7, 11) is 1.84. The maximum atomic E-state index is 12.1. The van der Waals surface area contributed by atoms with Crippen molar-refractivity contribution in [3.63, 3.8) is 0 Å². The zero-order chi connectivity index (χ0) is 14.8. The highest BCUT2D eigenvalue weighted by atomic mass is 35.5. The van der Waals surface area contributed by atoms with Gasteiger partial charge in [0.2, 0.25) is 5.91 Å². The van der Waals surface area contributed by atoms with E-state index in [-0.39, 0.29) is 29.8 Å². The number of nitrogens with one attached hydrogen (secondary N) is 2. The van der Waals surface area contributed by atoms with Crippen molar-refractivity contribution in [2.75, 3.05) is 25.1 Å². The first kappa shape index (κ1) is 17.9. The third kappa shape index (κ3) is 5.30. The molecule has 7 heteroatoms. The van der Waals surface area contributed by atoms with E-state index in [4.69, 9.17) is 4.74 Å². The molecule has 1 aromatic heterocycles. The minimum absolute atomic E-state index is 0. The van der Waals surface area contributed by atoms with Crippen molar-refractivity contribution in [1.29, 1.82) is 0 Å². The van der Waals surface area contributed by atoms with Gasteiger partial charge in [-0.1, -0.05) is 20.8 Å². The first-order chi connectivity index (χ1) is 9.35. The second kappa shape index (κ2) is 7.24. The Morgan fingerprint density at radius 2 is 2.29 bits per heavy atom. The fraction of sp³-hybridized carbons (Fsp3) is 0.714. The number of amides is 1. The number of morpholine rings is 1. The van der Waals surface area contributed by atoms with Crippen LogP contribution in [0.4, 0.5) is 5.82 Å². The van der Waals surface area contributed by atoms with Crippen LogP contribution in [0.2, 0.25) is 0 Å². The molecule has 1 saturated heterocycles.